The molecule has 98 valence electrons. The fourth-order valence-electron chi connectivity index (χ4n) is 1.71. The highest BCUT2D eigenvalue weighted by atomic mass is 19.4. The van der Waals surface area contributed by atoms with Gasteiger partial charge >= 0.3 is 6.18 Å². The molecule has 2 N–H and O–H groups in total. The predicted octanol–water partition coefficient (Wildman–Crippen LogP) is 3.78. The Hall–Kier alpha value is -1.65. The van der Waals surface area contributed by atoms with Crippen LogP contribution in [0.25, 0.3) is 0 Å². The maximum absolute atomic E-state index is 12.5. The lowest BCUT2D eigenvalue weighted by molar-refractivity contribution is -0.138. The standard InChI is InChI=1S/C13H15F3N2/c1-9-4-2-3-5-10(9)6-7-12(18)11(8-17)13(14,15)16/h2-5,8,11,17-18H,6-7H2,1H3. The van der Waals surface area contributed by atoms with Crippen molar-refractivity contribution < 1.29 is 13.2 Å². The second-order valence-corrected chi connectivity index (χ2v) is 4.14. The fraction of sp³-hybridized carbons (Fsp3) is 0.385. The Kier molecular flexibility index (Phi) is 4.64. The van der Waals surface area contributed by atoms with Crippen LogP contribution in [0.1, 0.15) is 17.5 Å². The first kappa shape index (κ1) is 14.4. The van der Waals surface area contributed by atoms with Crippen molar-refractivity contribution in [2.75, 3.05) is 0 Å². The van der Waals surface area contributed by atoms with Crippen LogP contribution in [0.2, 0.25) is 0 Å². The maximum Gasteiger partial charge on any atom is 0.401 e. The first-order chi connectivity index (χ1) is 8.36. The zero-order valence-electron chi connectivity index (χ0n) is 10.0. The van der Waals surface area contributed by atoms with E-state index < -0.39 is 17.8 Å². The lowest BCUT2D eigenvalue weighted by Gasteiger charge is -2.17. The molecule has 0 spiro atoms. The van der Waals surface area contributed by atoms with Gasteiger partial charge in [0.2, 0.25) is 0 Å². The molecule has 5 heteroatoms. The van der Waals surface area contributed by atoms with Crippen molar-refractivity contribution in [1.29, 1.82) is 10.8 Å². The molecule has 0 aliphatic carbocycles. The number of nitrogens with one attached hydrogen (secondary N) is 2. The van der Waals surface area contributed by atoms with E-state index in [9.17, 15) is 13.2 Å². The van der Waals surface area contributed by atoms with Crippen molar-refractivity contribution >= 4 is 11.9 Å². The number of halogens is 3. The summed E-state index contributed by atoms with van der Waals surface area (Å²) in [6.07, 6.45) is -3.83. The lowest BCUT2D eigenvalue weighted by Crippen LogP contribution is -2.31. The molecule has 0 heterocycles. The molecule has 0 aromatic heterocycles. The van der Waals surface area contributed by atoms with Gasteiger partial charge in [0.25, 0.3) is 0 Å². The van der Waals surface area contributed by atoms with E-state index in [2.05, 4.69) is 0 Å². The van der Waals surface area contributed by atoms with E-state index >= 15 is 0 Å². The monoisotopic (exact) mass is 256 g/mol. The van der Waals surface area contributed by atoms with Crippen LogP contribution in [0.15, 0.2) is 24.3 Å². The summed E-state index contributed by atoms with van der Waals surface area (Å²) in [5, 5.41) is 14.2. The Morgan fingerprint density at radius 1 is 1.33 bits per heavy atom. The second-order valence-electron chi connectivity index (χ2n) is 4.14. The minimum absolute atomic E-state index is 0.0183. The second kappa shape index (κ2) is 5.80. The molecule has 1 atom stereocenters. The summed E-state index contributed by atoms with van der Waals surface area (Å²) in [6.45, 7) is 1.89. The molecule has 2 nitrogen and oxygen atoms in total. The largest absolute Gasteiger partial charge is 0.401 e. The van der Waals surface area contributed by atoms with Gasteiger partial charge in [-0.15, -0.1) is 0 Å². The van der Waals surface area contributed by atoms with Gasteiger partial charge in [-0.05, 0) is 30.9 Å². The number of hydrogen-bond donors (Lipinski definition) is 2. The lowest BCUT2D eigenvalue weighted by atomic mass is 9.96. The molecule has 1 unspecified atom stereocenters. The zero-order chi connectivity index (χ0) is 13.8. The minimum Gasteiger partial charge on any atom is -0.312 e. The number of hydrogen-bond acceptors (Lipinski definition) is 2. The van der Waals surface area contributed by atoms with Crippen molar-refractivity contribution in [2.45, 2.75) is 25.9 Å². The van der Waals surface area contributed by atoms with Gasteiger partial charge in [-0.2, -0.15) is 13.2 Å². The number of benzene rings is 1. The van der Waals surface area contributed by atoms with Gasteiger partial charge in [-0.3, -0.25) is 0 Å². The molecular formula is C13H15F3N2. The van der Waals surface area contributed by atoms with Crippen molar-refractivity contribution in [3.63, 3.8) is 0 Å². The van der Waals surface area contributed by atoms with Crippen molar-refractivity contribution in [1.82, 2.24) is 0 Å². The summed E-state index contributed by atoms with van der Waals surface area (Å²) in [5.74, 6) is -2.05. The molecule has 0 bridgehead atoms. The summed E-state index contributed by atoms with van der Waals surface area (Å²) >= 11 is 0. The molecule has 1 aromatic carbocycles. The van der Waals surface area contributed by atoms with Gasteiger partial charge in [0.15, 0.2) is 0 Å². The van der Waals surface area contributed by atoms with Gasteiger partial charge in [0, 0.05) is 11.9 Å². The Balaban J connectivity index is 2.66. The number of alkyl halides is 3. The highest BCUT2D eigenvalue weighted by Gasteiger charge is 2.40. The van der Waals surface area contributed by atoms with Crippen LogP contribution in [-0.2, 0) is 6.42 Å². The molecule has 1 rings (SSSR count). The SMILES string of the molecule is Cc1ccccc1CCC(=N)C(C=N)C(F)(F)F. The average Bonchev–Trinajstić information content (AvgIpc) is 2.27. The summed E-state index contributed by atoms with van der Waals surface area (Å²) in [4.78, 5) is 0. The fourth-order valence-corrected chi connectivity index (χ4v) is 1.71. The van der Waals surface area contributed by atoms with Crippen LogP contribution in [-0.4, -0.2) is 18.1 Å². The van der Waals surface area contributed by atoms with E-state index in [-0.39, 0.29) is 6.42 Å². The molecule has 0 saturated heterocycles. The van der Waals surface area contributed by atoms with Crippen LogP contribution >= 0.6 is 0 Å². The summed E-state index contributed by atoms with van der Waals surface area (Å²) in [5.41, 5.74) is 1.48. The third-order valence-corrected chi connectivity index (χ3v) is 2.82. The van der Waals surface area contributed by atoms with Crippen LogP contribution in [0.5, 0.6) is 0 Å². The third-order valence-electron chi connectivity index (χ3n) is 2.82. The van der Waals surface area contributed by atoms with Gasteiger partial charge in [0.05, 0.1) is 0 Å². The van der Waals surface area contributed by atoms with E-state index in [1.807, 2.05) is 31.2 Å². The molecular weight excluding hydrogens is 241 g/mol. The summed E-state index contributed by atoms with van der Waals surface area (Å²) in [6, 6.07) is 7.41. The molecule has 0 aliphatic heterocycles. The maximum atomic E-state index is 12.5. The highest BCUT2D eigenvalue weighted by Crippen LogP contribution is 2.27. The van der Waals surface area contributed by atoms with Crippen molar-refractivity contribution in [3.05, 3.63) is 35.4 Å². The van der Waals surface area contributed by atoms with E-state index in [0.717, 1.165) is 11.1 Å². The number of rotatable bonds is 5. The zero-order valence-corrected chi connectivity index (χ0v) is 10.0. The Bertz CT molecular complexity index is 438. The highest BCUT2D eigenvalue weighted by molar-refractivity contribution is 5.96. The van der Waals surface area contributed by atoms with Crippen LogP contribution in [0.3, 0.4) is 0 Å². The first-order valence-electron chi connectivity index (χ1n) is 5.55. The first-order valence-corrected chi connectivity index (χ1v) is 5.55. The topological polar surface area (TPSA) is 47.7 Å². The van der Waals surface area contributed by atoms with Crippen molar-refractivity contribution in [3.8, 4) is 0 Å². The number of aryl methyl sites for hydroxylation is 2. The molecule has 0 fully saturated rings. The van der Waals surface area contributed by atoms with Crippen molar-refractivity contribution in [2.24, 2.45) is 5.92 Å². The molecule has 1 aromatic rings. The third kappa shape index (κ3) is 3.68. The Labute approximate surface area is 104 Å². The molecule has 0 saturated carbocycles. The predicted molar refractivity (Wildman–Crippen MR) is 65.6 cm³/mol. The van der Waals surface area contributed by atoms with Gasteiger partial charge < -0.3 is 10.8 Å². The molecule has 0 amide bonds. The van der Waals surface area contributed by atoms with Crippen LogP contribution in [0.4, 0.5) is 13.2 Å². The summed E-state index contributed by atoms with van der Waals surface area (Å²) < 4.78 is 37.5. The Morgan fingerprint density at radius 3 is 2.44 bits per heavy atom. The van der Waals surface area contributed by atoms with Gasteiger partial charge in [-0.1, -0.05) is 24.3 Å². The van der Waals surface area contributed by atoms with E-state index in [0.29, 0.717) is 12.6 Å². The van der Waals surface area contributed by atoms with E-state index in [4.69, 9.17) is 10.8 Å². The summed E-state index contributed by atoms with van der Waals surface area (Å²) in [7, 11) is 0. The Morgan fingerprint density at radius 2 is 1.94 bits per heavy atom. The van der Waals surface area contributed by atoms with Gasteiger partial charge in [-0.25, -0.2) is 0 Å². The van der Waals surface area contributed by atoms with E-state index in [1.54, 1.807) is 0 Å². The normalized spacial score (nSPS) is 13.1. The van der Waals surface area contributed by atoms with E-state index in [1.165, 1.54) is 0 Å². The molecule has 0 radical (unpaired) electrons. The average molecular weight is 256 g/mol. The smallest absolute Gasteiger partial charge is 0.312 e. The minimum atomic E-state index is -4.54. The van der Waals surface area contributed by atoms with Crippen LogP contribution in [0, 0.1) is 23.7 Å². The van der Waals surface area contributed by atoms with Gasteiger partial charge in [0.1, 0.15) is 5.92 Å². The molecule has 0 aliphatic rings. The molecule has 18 heavy (non-hydrogen) atoms. The van der Waals surface area contributed by atoms with Crippen LogP contribution < -0.4 is 0 Å². The quantitative estimate of drug-likeness (QED) is 0.753.